The Kier molecular flexibility index (Phi) is 4.07. The summed E-state index contributed by atoms with van der Waals surface area (Å²) in [4.78, 5) is 10.0. The first-order valence-corrected chi connectivity index (χ1v) is 7.65. The van der Waals surface area contributed by atoms with Crippen molar-refractivity contribution in [3.63, 3.8) is 0 Å². The first-order chi connectivity index (χ1) is 9.34. The molecular weight excluding hydrogens is 284 g/mol. The minimum Gasteiger partial charge on any atom is -0.375 e. The molecule has 1 aliphatic heterocycles. The Hall–Kier alpha value is -1.51. The highest BCUT2D eigenvalue weighted by atomic mass is 32.2. The molecule has 0 unspecified atom stereocenters. The summed E-state index contributed by atoms with van der Waals surface area (Å²) in [5.74, 6) is 0. The van der Waals surface area contributed by atoms with E-state index in [4.69, 9.17) is 4.74 Å². The summed E-state index contributed by atoms with van der Waals surface area (Å²) in [6.07, 6.45) is -0.233. The number of para-hydroxylation sites is 1. The van der Waals surface area contributed by atoms with Crippen molar-refractivity contribution in [2.24, 2.45) is 0 Å². The molecule has 1 aromatic rings. The highest BCUT2D eigenvalue weighted by Crippen LogP contribution is 2.29. The molecule has 1 heterocycles. The molecule has 7 nitrogen and oxygen atoms in total. The summed E-state index contributed by atoms with van der Waals surface area (Å²) in [6, 6.07) is 5.04. The fourth-order valence-electron chi connectivity index (χ4n) is 2.16. The van der Waals surface area contributed by atoms with Gasteiger partial charge in [0.1, 0.15) is 0 Å². The zero-order valence-electron chi connectivity index (χ0n) is 11.2. The maximum absolute atomic E-state index is 12.6. The average molecular weight is 300 g/mol. The minimum absolute atomic E-state index is 0.190. The number of ether oxygens (including phenoxy) is 1. The Morgan fingerprint density at radius 1 is 1.35 bits per heavy atom. The van der Waals surface area contributed by atoms with Gasteiger partial charge in [0, 0.05) is 18.7 Å². The van der Waals surface area contributed by atoms with Gasteiger partial charge in [0.05, 0.1) is 17.6 Å². The fraction of sp³-hybridized carbons (Fsp3) is 0.500. The summed E-state index contributed by atoms with van der Waals surface area (Å²) in [5, 5.41) is 11.0. The molecule has 0 aliphatic carbocycles. The second-order valence-electron chi connectivity index (χ2n) is 4.79. The lowest BCUT2D eigenvalue weighted by atomic mass is 10.2. The van der Waals surface area contributed by atoms with Crippen molar-refractivity contribution in [3.8, 4) is 0 Å². The number of sulfonamides is 1. The van der Waals surface area contributed by atoms with E-state index in [1.165, 1.54) is 28.6 Å². The molecule has 1 aliphatic rings. The van der Waals surface area contributed by atoms with Crippen LogP contribution in [0.4, 0.5) is 5.69 Å². The number of benzene rings is 1. The van der Waals surface area contributed by atoms with Gasteiger partial charge < -0.3 is 4.74 Å². The van der Waals surface area contributed by atoms with Gasteiger partial charge in [-0.2, -0.15) is 4.31 Å². The van der Waals surface area contributed by atoms with Crippen LogP contribution < -0.4 is 0 Å². The lowest BCUT2D eigenvalue weighted by molar-refractivity contribution is -0.387. The largest absolute Gasteiger partial charge is 0.375 e. The molecule has 110 valence electrons. The maximum atomic E-state index is 12.6. The smallest absolute Gasteiger partial charge is 0.289 e. The van der Waals surface area contributed by atoms with Gasteiger partial charge in [-0.15, -0.1) is 0 Å². The number of hydrogen-bond donors (Lipinski definition) is 0. The van der Waals surface area contributed by atoms with E-state index >= 15 is 0 Å². The van der Waals surface area contributed by atoms with Gasteiger partial charge in [-0.3, -0.25) is 10.1 Å². The van der Waals surface area contributed by atoms with E-state index in [0.29, 0.717) is 0 Å². The van der Waals surface area contributed by atoms with Crippen molar-refractivity contribution in [2.75, 3.05) is 13.2 Å². The summed E-state index contributed by atoms with van der Waals surface area (Å²) in [7, 11) is -3.91. The molecule has 2 rings (SSSR count). The van der Waals surface area contributed by atoms with Crippen LogP contribution in [0.5, 0.6) is 0 Å². The van der Waals surface area contributed by atoms with Crippen molar-refractivity contribution in [3.05, 3.63) is 34.4 Å². The summed E-state index contributed by atoms with van der Waals surface area (Å²) < 4.78 is 31.9. The van der Waals surface area contributed by atoms with Crippen LogP contribution in [0.2, 0.25) is 0 Å². The van der Waals surface area contributed by atoms with E-state index in [2.05, 4.69) is 0 Å². The molecule has 1 aromatic carbocycles. The minimum atomic E-state index is -3.91. The van der Waals surface area contributed by atoms with E-state index < -0.39 is 20.6 Å². The van der Waals surface area contributed by atoms with Crippen LogP contribution in [0.3, 0.4) is 0 Å². The van der Waals surface area contributed by atoms with Crippen LogP contribution in [-0.4, -0.2) is 42.9 Å². The first-order valence-electron chi connectivity index (χ1n) is 6.21. The Labute approximate surface area is 117 Å². The molecule has 1 fully saturated rings. The molecule has 2 atom stereocenters. The lowest BCUT2D eigenvalue weighted by Crippen LogP contribution is -2.50. The molecule has 0 amide bonds. The molecule has 0 saturated carbocycles. The van der Waals surface area contributed by atoms with E-state index in [1.807, 2.05) is 0 Å². The van der Waals surface area contributed by atoms with Crippen LogP contribution in [0, 0.1) is 10.1 Å². The number of nitro benzene ring substituents is 1. The first kappa shape index (κ1) is 14.9. The Morgan fingerprint density at radius 3 is 2.65 bits per heavy atom. The molecule has 8 heteroatoms. The Balaban J connectivity index is 2.47. The normalized spacial score (nSPS) is 24.5. The second kappa shape index (κ2) is 5.47. The van der Waals surface area contributed by atoms with E-state index in [1.54, 1.807) is 13.8 Å². The average Bonchev–Trinajstić information content (AvgIpc) is 2.41. The van der Waals surface area contributed by atoms with Crippen molar-refractivity contribution < 1.29 is 18.1 Å². The van der Waals surface area contributed by atoms with Crippen LogP contribution in [0.25, 0.3) is 0 Å². The molecule has 0 N–H and O–H groups in total. The standard InChI is InChI=1S/C12H16N2O5S/c1-9-8-19-10(2)7-13(9)20(17,18)12-6-4-3-5-11(12)14(15)16/h3-6,9-10H,7-8H2,1-2H3/t9-,10-/m0/s1. The van der Waals surface area contributed by atoms with E-state index in [0.717, 1.165) is 0 Å². The third-order valence-corrected chi connectivity index (χ3v) is 5.23. The molecule has 0 aromatic heterocycles. The third-order valence-electron chi connectivity index (χ3n) is 3.20. The molecule has 20 heavy (non-hydrogen) atoms. The number of hydrogen-bond acceptors (Lipinski definition) is 5. The van der Waals surface area contributed by atoms with Gasteiger partial charge in [-0.1, -0.05) is 12.1 Å². The number of nitrogens with zero attached hydrogens (tertiary/aromatic N) is 2. The predicted molar refractivity (Wildman–Crippen MR) is 71.9 cm³/mol. The monoisotopic (exact) mass is 300 g/mol. The highest BCUT2D eigenvalue weighted by Gasteiger charge is 2.37. The van der Waals surface area contributed by atoms with E-state index in [9.17, 15) is 18.5 Å². The Bertz CT molecular complexity index is 616. The van der Waals surface area contributed by atoms with Crippen LogP contribution in [0.15, 0.2) is 29.2 Å². The van der Waals surface area contributed by atoms with Gasteiger partial charge >= 0.3 is 0 Å². The van der Waals surface area contributed by atoms with Gasteiger partial charge in [0.25, 0.3) is 5.69 Å². The zero-order valence-corrected chi connectivity index (χ0v) is 12.0. The van der Waals surface area contributed by atoms with Crippen LogP contribution >= 0.6 is 0 Å². The van der Waals surface area contributed by atoms with E-state index in [-0.39, 0.29) is 30.2 Å². The van der Waals surface area contributed by atoms with Crippen molar-refractivity contribution in [1.82, 2.24) is 4.31 Å². The van der Waals surface area contributed by atoms with Gasteiger partial charge in [0.2, 0.25) is 10.0 Å². The predicted octanol–water partition coefficient (Wildman–Crippen LogP) is 1.39. The van der Waals surface area contributed by atoms with Crippen molar-refractivity contribution in [2.45, 2.75) is 30.9 Å². The fourth-order valence-corrected chi connectivity index (χ4v) is 4.01. The molecule has 1 saturated heterocycles. The number of nitro groups is 1. The molecular formula is C12H16N2O5S. The summed E-state index contributed by atoms with van der Waals surface area (Å²) >= 11 is 0. The number of morpholine rings is 1. The van der Waals surface area contributed by atoms with Gasteiger partial charge in [0.15, 0.2) is 4.90 Å². The zero-order chi connectivity index (χ0) is 14.9. The van der Waals surface area contributed by atoms with Gasteiger partial charge in [-0.25, -0.2) is 8.42 Å². The topological polar surface area (TPSA) is 89.8 Å². The van der Waals surface area contributed by atoms with Crippen molar-refractivity contribution in [1.29, 1.82) is 0 Å². The molecule has 0 spiro atoms. The lowest BCUT2D eigenvalue weighted by Gasteiger charge is -2.35. The molecule has 0 bridgehead atoms. The Morgan fingerprint density at radius 2 is 2.00 bits per heavy atom. The number of rotatable bonds is 3. The molecule has 0 radical (unpaired) electrons. The van der Waals surface area contributed by atoms with Gasteiger partial charge in [-0.05, 0) is 19.9 Å². The SMILES string of the molecule is C[C@H]1CN(S(=O)(=O)c2ccccc2[N+](=O)[O-])[C@@H](C)CO1. The highest BCUT2D eigenvalue weighted by molar-refractivity contribution is 7.89. The van der Waals surface area contributed by atoms with Crippen LogP contribution in [0.1, 0.15) is 13.8 Å². The summed E-state index contributed by atoms with van der Waals surface area (Å²) in [5.41, 5.74) is -0.404. The quantitative estimate of drug-likeness (QED) is 0.621. The van der Waals surface area contributed by atoms with Crippen molar-refractivity contribution >= 4 is 15.7 Å². The second-order valence-corrected chi connectivity index (χ2v) is 6.65. The maximum Gasteiger partial charge on any atom is 0.289 e. The van der Waals surface area contributed by atoms with Crippen LogP contribution in [-0.2, 0) is 14.8 Å². The third kappa shape index (κ3) is 2.67. The summed E-state index contributed by atoms with van der Waals surface area (Å²) in [6.45, 7) is 3.96.